The molecule has 0 bridgehead atoms. The van der Waals surface area contributed by atoms with Gasteiger partial charge in [-0.15, -0.1) is 0 Å². The second-order valence-corrected chi connectivity index (χ2v) is 7.16. The van der Waals surface area contributed by atoms with Gasteiger partial charge < -0.3 is 14.8 Å². The van der Waals surface area contributed by atoms with Gasteiger partial charge in [0.05, 0.1) is 24.5 Å². The monoisotopic (exact) mass is 456 g/mol. The molecule has 8 nitrogen and oxygen atoms in total. The number of nitriles is 1. The number of nitrogens with one attached hydrogen (secondary N) is 2. The van der Waals surface area contributed by atoms with E-state index in [1.807, 2.05) is 19.1 Å². The van der Waals surface area contributed by atoms with Crippen molar-refractivity contribution in [1.82, 2.24) is 5.43 Å². The fraction of sp³-hybridized carbons (Fsp3) is 0.154. The van der Waals surface area contributed by atoms with E-state index < -0.39 is 5.91 Å². The molecule has 2 N–H and O–H groups in total. The zero-order chi connectivity index (χ0) is 24.3. The van der Waals surface area contributed by atoms with Crippen molar-refractivity contribution < 1.29 is 19.1 Å². The molecular weight excluding hydrogens is 432 g/mol. The van der Waals surface area contributed by atoms with Crippen molar-refractivity contribution in [1.29, 1.82) is 5.26 Å². The highest BCUT2D eigenvalue weighted by Gasteiger charge is 2.09. The van der Waals surface area contributed by atoms with E-state index >= 15 is 0 Å². The molecule has 0 aromatic heterocycles. The molecule has 34 heavy (non-hydrogen) atoms. The SMILES string of the molecule is CCOc1cc(/C=N\NC(=O)c2cccc(NC(C)=O)c2)ccc1OCc1ccccc1C#N. The number of carbonyl (C=O) groups excluding carboxylic acids is 2. The lowest BCUT2D eigenvalue weighted by Crippen LogP contribution is -2.18. The van der Waals surface area contributed by atoms with Crippen LogP contribution in [0.15, 0.2) is 71.8 Å². The van der Waals surface area contributed by atoms with Gasteiger partial charge in [-0.3, -0.25) is 9.59 Å². The highest BCUT2D eigenvalue weighted by Crippen LogP contribution is 2.29. The Labute approximate surface area is 197 Å². The van der Waals surface area contributed by atoms with Crippen LogP contribution in [0.3, 0.4) is 0 Å². The van der Waals surface area contributed by atoms with E-state index in [0.29, 0.717) is 40.5 Å². The lowest BCUT2D eigenvalue weighted by molar-refractivity contribution is -0.114. The van der Waals surface area contributed by atoms with Crippen molar-refractivity contribution in [2.24, 2.45) is 5.10 Å². The normalized spacial score (nSPS) is 10.4. The van der Waals surface area contributed by atoms with E-state index in [-0.39, 0.29) is 12.5 Å². The van der Waals surface area contributed by atoms with E-state index in [2.05, 4.69) is 21.9 Å². The third-order valence-corrected chi connectivity index (χ3v) is 4.61. The van der Waals surface area contributed by atoms with E-state index in [0.717, 1.165) is 5.56 Å². The third-order valence-electron chi connectivity index (χ3n) is 4.61. The molecule has 172 valence electrons. The molecule has 0 radical (unpaired) electrons. The Morgan fingerprint density at radius 1 is 1.03 bits per heavy atom. The van der Waals surface area contributed by atoms with Gasteiger partial charge in [0.2, 0.25) is 5.91 Å². The van der Waals surface area contributed by atoms with Gasteiger partial charge in [-0.2, -0.15) is 10.4 Å². The van der Waals surface area contributed by atoms with Gasteiger partial charge in [-0.05, 0) is 55.0 Å². The van der Waals surface area contributed by atoms with E-state index in [1.165, 1.54) is 13.1 Å². The van der Waals surface area contributed by atoms with Crippen LogP contribution in [0.5, 0.6) is 11.5 Å². The molecule has 0 heterocycles. The van der Waals surface area contributed by atoms with Gasteiger partial charge in [-0.25, -0.2) is 5.43 Å². The minimum atomic E-state index is -0.412. The van der Waals surface area contributed by atoms with Gasteiger partial charge in [0.15, 0.2) is 11.5 Å². The van der Waals surface area contributed by atoms with Crippen LogP contribution in [0.2, 0.25) is 0 Å². The summed E-state index contributed by atoms with van der Waals surface area (Å²) in [6.45, 7) is 3.93. The molecule has 0 aliphatic rings. The molecule has 0 spiro atoms. The van der Waals surface area contributed by atoms with Crippen molar-refractivity contribution >= 4 is 23.7 Å². The average molecular weight is 457 g/mol. The zero-order valence-electron chi connectivity index (χ0n) is 18.9. The molecule has 3 rings (SSSR count). The van der Waals surface area contributed by atoms with Crippen molar-refractivity contribution in [3.05, 3.63) is 89.0 Å². The fourth-order valence-electron chi connectivity index (χ4n) is 3.07. The zero-order valence-corrected chi connectivity index (χ0v) is 18.9. The first-order valence-corrected chi connectivity index (χ1v) is 10.6. The largest absolute Gasteiger partial charge is 0.490 e. The van der Waals surface area contributed by atoms with Crippen LogP contribution in [0.1, 0.15) is 40.9 Å². The molecule has 2 amide bonds. The first-order chi connectivity index (χ1) is 16.5. The Morgan fingerprint density at radius 2 is 1.85 bits per heavy atom. The van der Waals surface area contributed by atoms with Crippen LogP contribution < -0.4 is 20.2 Å². The molecule has 0 aliphatic heterocycles. The Bertz CT molecular complexity index is 1250. The molecule has 3 aromatic carbocycles. The number of ether oxygens (including phenoxy) is 2. The molecule has 0 aliphatic carbocycles. The lowest BCUT2D eigenvalue weighted by atomic mass is 10.1. The quantitative estimate of drug-likeness (QED) is 0.369. The summed E-state index contributed by atoms with van der Waals surface area (Å²) < 4.78 is 11.6. The molecule has 0 fully saturated rings. The van der Waals surface area contributed by atoms with Crippen LogP contribution in [0.25, 0.3) is 0 Å². The van der Waals surface area contributed by atoms with Gasteiger partial charge in [0.1, 0.15) is 6.61 Å². The number of hydrogen-bond acceptors (Lipinski definition) is 6. The molecule has 8 heteroatoms. The number of amides is 2. The van der Waals surface area contributed by atoms with Gasteiger partial charge in [0, 0.05) is 23.7 Å². The van der Waals surface area contributed by atoms with E-state index in [9.17, 15) is 14.9 Å². The summed E-state index contributed by atoms with van der Waals surface area (Å²) in [5, 5.41) is 15.9. The number of rotatable bonds is 9. The van der Waals surface area contributed by atoms with Crippen LogP contribution in [0, 0.1) is 11.3 Å². The summed E-state index contributed by atoms with van der Waals surface area (Å²) in [5.74, 6) is 0.424. The number of hydrogen-bond donors (Lipinski definition) is 2. The first-order valence-electron chi connectivity index (χ1n) is 10.6. The smallest absolute Gasteiger partial charge is 0.271 e. The summed E-state index contributed by atoms with van der Waals surface area (Å²) >= 11 is 0. The maximum absolute atomic E-state index is 12.4. The molecule has 0 saturated carbocycles. The molecule has 0 atom stereocenters. The molecule has 0 saturated heterocycles. The predicted octanol–water partition coefficient (Wildman–Crippen LogP) is 4.26. The fourth-order valence-corrected chi connectivity index (χ4v) is 3.07. The average Bonchev–Trinajstić information content (AvgIpc) is 2.83. The van der Waals surface area contributed by atoms with Gasteiger partial charge in [-0.1, -0.05) is 24.3 Å². The topological polar surface area (TPSA) is 113 Å². The number of benzene rings is 3. The minimum absolute atomic E-state index is 0.220. The molecular formula is C26H24N4O4. The van der Waals surface area contributed by atoms with Crippen LogP contribution in [-0.4, -0.2) is 24.6 Å². The highest BCUT2D eigenvalue weighted by atomic mass is 16.5. The predicted molar refractivity (Wildman–Crippen MR) is 129 cm³/mol. The molecule has 3 aromatic rings. The first kappa shape index (κ1) is 24.0. The van der Waals surface area contributed by atoms with Crippen LogP contribution in [0.4, 0.5) is 5.69 Å². The van der Waals surface area contributed by atoms with Crippen LogP contribution in [-0.2, 0) is 11.4 Å². The minimum Gasteiger partial charge on any atom is -0.490 e. The van der Waals surface area contributed by atoms with Crippen molar-refractivity contribution in [2.45, 2.75) is 20.5 Å². The maximum atomic E-state index is 12.4. The Morgan fingerprint density at radius 3 is 2.62 bits per heavy atom. The van der Waals surface area contributed by atoms with E-state index in [4.69, 9.17) is 9.47 Å². The maximum Gasteiger partial charge on any atom is 0.271 e. The van der Waals surface area contributed by atoms with Crippen molar-refractivity contribution in [3.63, 3.8) is 0 Å². The lowest BCUT2D eigenvalue weighted by Gasteiger charge is -2.13. The number of nitrogens with zero attached hydrogens (tertiary/aromatic N) is 2. The highest BCUT2D eigenvalue weighted by molar-refractivity contribution is 5.97. The van der Waals surface area contributed by atoms with Crippen molar-refractivity contribution in [2.75, 3.05) is 11.9 Å². The van der Waals surface area contributed by atoms with Crippen LogP contribution >= 0.6 is 0 Å². The molecule has 0 unspecified atom stereocenters. The number of carbonyl (C=O) groups is 2. The summed E-state index contributed by atoms with van der Waals surface area (Å²) in [4.78, 5) is 23.6. The summed E-state index contributed by atoms with van der Waals surface area (Å²) in [6.07, 6.45) is 1.49. The van der Waals surface area contributed by atoms with Gasteiger partial charge in [0.25, 0.3) is 5.91 Å². The summed E-state index contributed by atoms with van der Waals surface area (Å²) in [5.41, 5.74) is 5.39. The third kappa shape index (κ3) is 6.68. The summed E-state index contributed by atoms with van der Waals surface area (Å²) in [7, 11) is 0. The Balaban J connectivity index is 1.67. The van der Waals surface area contributed by atoms with Crippen molar-refractivity contribution in [3.8, 4) is 17.6 Å². The number of hydrazone groups is 1. The Hall–Kier alpha value is -4.64. The van der Waals surface area contributed by atoms with Gasteiger partial charge >= 0.3 is 0 Å². The second kappa shape index (κ2) is 11.8. The van der Waals surface area contributed by atoms with E-state index in [1.54, 1.807) is 54.6 Å². The standard InChI is InChI=1S/C26H24N4O4/c1-3-33-25-13-19(11-12-24(25)34-17-22-8-5-4-7-21(22)15-27)16-28-30-26(32)20-9-6-10-23(14-20)29-18(2)31/h4-14,16H,3,17H2,1-2H3,(H,29,31)(H,30,32)/b28-16-. The Kier molecular flexibility index (Phi) is 8.36. The number of anilines is 1. The second-order valence-electron chi connectivity index (χ2n) is 7.16. The summed E-state index contributed by atoms with van der Waals surface area (Å²) in [6, 6.07) is 21.2.